The van der Waals surface area contributed by atoms with E-state index < -0.39 is 9.84 Å². The summed E-state index contributed by atoms with van der Waals surface area (Å²) in [4.78, 5) is 4.77. The van der Waals surface area contributed by atoms with Crippen LogP contribution in [0, 0.1) is 13.8 Å². The molecule has 25 heavy (non-hydrogen) atoms. The highest BCUT2D eigenvalue weighted by molar-refractivity contribution is 7.91. The molecule has 0 radical (unpaired) electrons. The van der Waals surface area contributed by atoms with Gasteiger partial charge in [0.25, 0.3) is 0 Å². The van der Waals surface area contributed by atoms with Crippen molar-refractivity contribution in [2.75, 3.05) is 5.73 Å². The molecule has 6 heteroatoms. The Bertz CT molecular complexity index is 979. The normalized spacial score (nSPS) is 11.6. The zero-order valence-electron chi connectivity index (χ0n) is 14.3. The minimum absolute atomic E-state index is 0.206. The lowest BCUT2D eigenvalue weighted by molar-refractivity contribution is 0.595. The number of nitrogens with zero attached hydrogens (tertiary/aromatic N) is 2. The van der Waals surface area contributed by atoms with Crippen molar-refractivity contribution >= 4 is 15.7 Å². The topological polar surface area (TPSA) is 78.0 Å². The first-order chi connectivity index (χ1) is 11.9. The van der Waals surface area contributed by atoms with Crippen LogP contribution in [0.25, 0.3) is 0 Å². The summed E-state index contributed by atoms with van der Waals surface area (Å²) in [7, 11) is -3.65. The van der Waals surface area contributed by atoms with Gasteiger partial charge in [0.2, 0.25) is 9.84 Å². The van der Waals surface area contributed by atoms with Gasteiger partial charge >= 0.3 is 0 Å². The molecule has 3 rings (SSSR count). The van der Waals surface area contributed by atoms with Crippen LogP contribution in [0.2, 0.25) is 0 Å². The number of nitrogen functional groups attached to an aromatic ring is 1. The van der Waals surface area contributed by atoms with E-state index in [4.69, 9.17) is 5.73 Å². The average Bonchev–Trinajstić information content (AvgIpc) is 2.84. The van der Waals surface area contributed by atoms with Crippen molar-refractivity contribution < 1.29 is 8.42 Å². The molecule has 0 spiro atoms. The first-order valence-electron chi connectivity index (χ1n) is 8.08. The van der Waals surface area contributed by atoms with Gasteiger partial charge in [-0.25, -0.2) is 8.42 Å². The summed E-state index contributed by atoms with van der Waals surface area (Å²) in [6.07, 6.45) is 2.43. The van der Waals surface area contributed by atoms with Crippen LogP contribution in [0.5, 0.6) is 0 Å². The molecule has 0 atom stereocenters. The monoisotopic (exact) mass is 355 g/mol. The summed E-state index contributed by atoms with van der Waals surface area (Å²) >= 11 is 0. The van der Waals surface area contributed by atoms with Crippen LogP contribution in [-0.2, 0) is 22.8 Å². The Labute approximate surface area is 148 Å². The highest BCUT2D eigenvalue weighted by atomic mass is 32.2. The van der Waals surface area contributed by atoms with E-state index in [1.54, 1.807) is 43.5 Å². The first kappa shape index (κ1) is 17.2. The minimum Gasteiger partial charge on any atom is -0.384 e. The van der Waals surface area contributed by atoms with Crippen molar-refractivity contribution in [1.82, 2.24) is 9.55 Å². The standard InChI is InChI=1S/C19H21N3O2S/c1-14-15(2)22(13-11-16-8-6-7-12-21-16)19(20)18(14)25(23,24)17-9-4-3-5-10-17/h3-10,12H,11,13,20H2,1-2H3. The molecule has 0 unspecified atom stereocenters. The molecule has 5 nitrogen and oxygen atoms in total. The van der Waals surface area contributed by atoms with Crippen LogP contribution in [-0.4, -0.2) is 18.0 Å². The van der Waals surface area contributed by atoms with Crippen molar-refractivity contribution in [2.45, 2.75) is 36.6 Å². The number of hydrogen-bond acceptors (Lipinski definition) is 4. The lowest BCUT2D eigenvalue weighted by Crippen LogP contribution is -2.10. The Morgan fingerprint density at radius 1 is 1.04 bits per heavy atom. The average molecular weight is 355 g/mol. The zero-order chi connectivity index (χ0) is 18.0. The van der Waals surface area contributed by atoms with E-state index in [0.717, 1.165) is 11.4 Å². The van der Waals surface area contributed by atoms with Crippen molar-refractivity contribution in [3.63, 3.8) is 0 Å². The molecule has 130 valence electrons. The van der Waals surface area contributed by atoms with Gasteiger partial charge in [0.05, 0.1) is 4.90 Å². The summed E-state index contributed by atoms with van der Waals surface area (Å²) in [5.41, 5.74) is 8.76. The molecule has 2 aromatic heterocycles. The van der Waals surface area contributed by atoms with Crippen LogP contribution < -0.4 is 5.73 Å². The maximum absolute atomic E-state index is 13.0. The van der Waals surface area contributed by atoms with E-state index in [0.29, 0.717) is 18.5 Å². The molecule has 1 aromatic carbocycles. The van der Waals surface area contributed by atoms with E-state index in [1.165, 1.54) is 0 Å². The van der Waals surface area contributed by atoms with E-state index >= 15 is 0 Å². The van der Waals surface area contributed by atoms with Crippen molar-refractivity contribution in [3.05, 3.63) is 71.7 Å². The molecule has 2 heterocycles. The molecule has 3 aromatic rings. The van der Waals surface area contributed by atoms with Gasteiger partial charge in [-0.2, -0.15) is 0 Å². The lowest BCUT2D eigenvalue weighted by atomic mass is 10.2. The number of rotatable bonds is 5. The van der Waals surface area contributed by atoms with E-state index in [1.807, 2.05) is 29.7 Å². The van der Waals surface area contributed by atoms with Crippen LogP contribution in [0.15, 0.2) is 64.5 Å². The second kappa shape index (κ2) is 6.72. The largest absolute Gasteiger partial charge is 0.384 e. The first-order valence-corrected chi connectivity index (χ1v) is 9.56. The number of anilines is 1. The summed E-state index contributed by atoms with van der Waals surface area (Å²) in [6, 6.07) is 14.1. The van der Waals surface area contributed by atoms with Gasteiger partial charge in [0.15, 0.2) is 0 Å². The lowest BCUT2D eigenvalue weighted by Gasteiger charge is -2.09. The van der Waals surface area contributed by atoms with Gasteiger partial charge in [-0.3, -0.25) is 4.98 Å². The third kappa shape index (κ3) is 3.17. The quantitative estimate of drug-likeness (QED) is 0.762. The Kier molecular flexibility index (Phi) is 4.63. The fourth-order valence-electron chi connectivity index (χ4n) is 2.98. The molecule has 0 amide bonds. The molecule has 0 aliphatic heterocycles. The summed E-state index contributed by atoms with van der Waals surface area (Å²) in [6.45, 7) is 4.28. The van der Waals surface area contributed by atoms with Gasteiger partial charge < -0.3 is 10.3 Å². The molecule has 0 fully saturated rings. The molecule has 0 aliphatic carbocycles. The number of benzene rings is 1. The van der Waals surface area contributed by atoms with Gasteiger partial charge in [-0.15, -0.1) is 0 Å². The third-order valence-electron chi connectivity index (χ3n) is 4.45. The SMILES string of the molecule is Cc1c(S(=O)(=O)c2ccccc2)c(N)n(CCc2ccccn2)c1C. The number of sulfone groups is 1. The summed E-state index contributed by atoms with van der Waals surface area (Å²) < 4.78 is 27.9. The number of nitrogens with two attached hydrogens (primary N) is 1. The minimum atomic E-state index is -3.65. The molecule has 0 aliphatic rings. The number of pyridine rings is 1. The van der Waals surface area contributed by atoms with Gasteiger partial charge in [-0.05, 0) is 43.7 Å². The summed E-state index contributed by atoms with van der Waals surface area (Å²) in [5, 5.41) is 0. The molecule has 0 saturated carbocycles. The second-order valence-electron chi connectivity index (χ2n) is 5.96. The number of aryl methyl sites for hydroxylation is 1. The summed E-state index contributed by atoms with van der Waals surface area (Å²) in [5.74, 6) is 0.287. The smallest absolute Gasteiger partial charge is 0.210 e. The molecular weight excluding hydrogens is 334 g/mol. The van der Waals surface area contributed by atoms with Crippen LogP contribution in [0.3, 0.4) is 0 Å². The fraction of sp³-hybridized carbons (Fsp3) is 0.211. The Balaban J connectivity index is 2.00. The number of hydrogen-bond donors (Lipinski definition) is 1. The van der Waals surface area contributed by atoms with Crippen molar-refractivity contribution in [3.8, 4) is 0 Å². The van der Waals surface area contributed by atoms with Crippen LogP contribution in [0.1, 0.15) is 17.0 Å². The van der Waals surface area contributed by atoms with E-state index in [2.05, 4.69) is 4.98 Å². The highest BCUT2D eigenvalue weighted by Crippen LogP contribution is 2.33. The molecule has 0 bridgehead atoms. The Morgan fingerprint density at radius 2 is 1.72 bits per heavy atom. The second-order valence-corrected chi connectivity index (χ2v) is 7.85. The Hall–Kier alpha value is -2.60. The maximum atomic E-state index is 13.0. The van der Waals surface area contributed by atoms with E-state index in [-0.39, 0.29) is 15.6 Å². The number of aromatic nitrogens is 2. The van der Waals surface area contributed by atoms with Crippen LogP contribution >= 0.6 is 0 Å². The van der Waals surface area contributed by atoms with Gasteiger partial charge in [0, 0.05) is 30.6 Å². The predicted octanol–water partition coefficient (Wildman–Crippen LogP) is 3.16. The zero-order valence-corrected chi connectivity index (χ0v) is 15.1. The fourth-order valence-corrected chi connectivity index (χ4v) is 4.67. The third-order valence-corrected chi connectivity index (χ3v) is 6.40. The molecule has 0 saturated heterocycles. The predicted molar refractivity (Wildman–Crippen MR) is 98.2 cm³/mol. The van der Waals surface area contributed by atoms with Gasteiger partial charge in [-0.1, -0.05) is 24.3 Å². The Morgan fingerprint density at radius 3 is 2.36 bits per heavy atom. The maximum Gasteiger partial charge on any atom is 0.210 e. The molecule has 2 N–H and O–H groups in total. The highest BCUT2D eigenvalue weighted by Gasteiger charge is 2.27. The van der Waals surface area contributed by atoms with Crippen molar-refractivity contribution in [1.29, 1.82) is 0 Å². The van der Waals surface area contributed by atoms with Crippen LogP contribution in [0.4, 0.5) is 5.82 Å². The molecular formula is C19H21N3O2S. The van der Waals surface area contributed by atoms with Crippen molar-refractivity contribution in [2.24, 2.45) is 0 Å². The van der Waals surface area contributed by atoms with Gasteiger partial charge in [0.1, 0.15) is 10.7 Å². The van der Waals surface area contributed by atoms with E-state index in [9.17, 15) is 8.42 Å².